The SMILES string of the molecule is C1=Nc2ccccc2[N]O1. The molecule has 0 amide bonds. The first-order chi connectivity index (χ1) is 4.97. The van der Waals surface area contributed by atoms with Gasteiger partial charge in [-0.3, -0.25) is 0 Å². The Kier molecular flexibility index (Phi) is 1.07. The van der Waals surface area contributed by atoms with Gasteiger partial charge in [-0.25, -0.2) is 4.99 Å². The molecule has 0 atom stereocenters. The number of nitrogens with zero attached hydrogens (tertiary/aromatic N) is 2. The molecule has 0 aromatic heterocycles. The van der Waals surface area contributed by atoms with E-state index in [2.05, 4.69) is 15.3 Å². The van der Waals surface area contributed by atoms with Crippen molar-refractivity contribution in [2.45, 2.75) is 0 Å². The Morgan fingerprint density at radius 1 is 1.10 bits per heavy atom. The number of benzene rings is 1. The van der Waals surface area contributed by atoms with Gasteiger partial charge in [0.05, 0.1) is 5.69 Å². The fraction of sp³-hybridized carbons (Fsp3) is 0. The predicted octanol–water partition coefficient (Wildman–Crippen LogP) is 1.53. The van der Waals surface area contributed by atoms with Gasteiger partial charge in [-0.1, -0.05) is 17.6 Å². The van der Waals surface area contributed by atoms with Crippen LogP contribution in [0.2, 0.25) is 0 Å². The summed E-state index contributed by atoms with van der Waals surface area (Å²) < 4.78 is 0. The first-order valence-electron chi connectivity index (χ1n) is 2.95. The molecule has 3 heteroatoms. The van der Waals surface area contributed by atoms with Crippen molar-refractivity contribution < 1.29 is 4.84 Å². The molecule has 0 N–H and O–H groups in total. The van der Waals surface area contributed by atoms with Crippen LogP contribution in [-0.4, -0.2) is 6.40 Å². The molecule has 0 aliphatic carbocycles. The second-order valence-electron chi connectivity index (χ2n) is 1.92. The van der Waals surface area contributed by atoms with Gasteiger partial charge in [-0.2, -0.15) is 0 Å². The molecule has 49 valence electrons. The van der Waals surface area contributed by atoms with Gasteiger partial charge in [0.25, 0.3) is 0 Å². The normalized spacial score (nSPS) is 13.2. The Balaban J connectivity index is 2.54. The highest BCUT2D eigenvalue weighted by Crippen LogP contribution is 2.25. The second kappa shape index (κ2) is 2.02. The molecule has 0 fully saturated rings. The van der Waals surface area contributed by atoms with Crippen molar-refractivity contribution in [3.63, 3.8) is 0 Å². The first kappa shape index (κ1) is 5.29. The van der Waals surface area contributed by atoms with E-state index in [0.717, 1.165) is 11.4 Å². The number of para-hydroxylation sites is 1. The van der Waals surface area contributed by atoms with Crippen molar-refractivity contribution >= 4 is 17.8 Å². The molecular formula is C7H5N2O. The maximum absolute atomic E-state index is 4.63. The lowest BCUT2D eigenvalue weighted by molar-refractivity contribution is 0.234. The van der Waals surface area contributed by atoms with Crippen LogP contribution < -0.4 is 5.48 Å². The average Bonchev–Trinajstić information content (AvgIpc) is 2.05. The molecule has 0 saturated heterocycles. The maximum Gasteiger partial charge on any atom is 0.212 e. The molecular weight excluding hydrogens is 128 g/mol. The summed E-state index contributed by atoms with van der Waals surface area (Å²) in [5, 5.41) is 0. The molecule has 2 rings (SSSR count). The third-order valence-electron chi connectivity index (χ3n) is 1.27. The number of hydrogen-bond donors (Lipinski definition) is 0. The number of aliphatic imine (C=N–C) groups is 1. The van der Waals surface area contributed by atoms with E-state index < -0.39 is 0 Å². The van der Waals surface area contributed by atoms with Crippen LogP contribution in [0.15, 0.2) is 29.3 Å². The molecule has 1 radical (unpaired) electrons. The summed E-state index contributed by atoms with van der Waals surface area (Å²) in [6.07, 6.45) is 1.32. The van der Waals surface area contributed by atoms with Crippen LogP contribution in [0.25, 0.3) is 0 Å². The largest absolute Gasteiger partial charge is 0.344 e. The summed E-state index contributed by atoms with van der Waals surface area (Å²) in [5.74, 6) is 0. The minimum Gasteiger partial charge on any atom is -0.344 e. The summed E-state index contributed by atoms with van der Waals surface area (Å²) in [4.78, 5) is 8.58. The fourth-order valence-electron chi connectivity index (χ4n) is 0.811. The van der Waals surface area contributed by atoms with E-state index in [4.69, 9.17) is 0 Å². The van der Waals surface area contributed by atoms with Gasteiger partial charge >= 0.3 is 0 Å². The highest BCUT2D eigenvalue weighted by molar-refractivity contribution is 5.69. The first-order valence-corrected chi connectivity index (χ1v) is 2.95. The zero-order valence-corrected chi connectivity index (χ0v) is 5.19. The van der Waals surface area contributed by atoms with E-state index in [1.165, 1.54) is 6.40 Å². The Labute approximate surface area is 58.3 Å². The van der Waals surface area contributed by atoms with Crippen molar-refractivity contribution in [3.05, 3.63) is 24.3 Å². The van der Waals surface area contributed by atoms with Crippen LogP contribution in [0, 0.1) is 0 Å². The van der Waals surface area contributed by atoms with E-state index in [0.29, 0.717) is 0 Å². The van der Waals surface area contributed by atoms with Gasteiger partial charge in [0.1, 0.15) is 5.69 Å². The van der Waals surface area contributed by atoms with Gasteiger partial charge < -0.3 is 4.84 Å². The van der Waals surface area contributed by atoms with Crippen LogP contribution in [0.1, 0.15) is 0 Å². The molecule has 3 nitrogen and oxygen atoms in total. The van der Waals surface area contributed by atoms with Crippen LogP contribution >= 0.6 is 0 Å². The summed E-state index contributed by atoms with van der Waals surface area (Å²) in [5.41, 5.74) is 5.38. The molecule has 1 aliphatic heterocycles. The van der Waals surface area contributed by atoms with E-state index in [9.17, 15) is 0 Å². The Bertz CT molecular complexity index is 270. The van der Waals surface area contributed by atoms with Crippen molar-refractivity contribution in [1.82, 2.24) is 5.48 Å². The smallest absolute Gasteiger partial charge is 0.212 e. The van der Waals surface area contributed by atoms with Crippen molar-refractivity contribution in [1.29, 1.82) is 0 Å². The van der Waals surface area contributed by atoms with Gasteiger partial charge in [-0.15, -0.1) is 0 Å². The van der Waals surface area contributed by atoms with Gasteiger partial charge in [0.15, 0.2) is 0 Å². The lowest BCUT2D eigenvalue weighted by Crippen LogP contribution is -2.01. The number of hydrogen-bond acceptors (Lipinski definition) is 2. The minimum absolute atomic E-state index is 0.782. The summed E-state index contributed by atoms with van der Waals surface area (Å²) in [6, 6.07) is 7.55. The Morgan fingerprint density at radius 3 is 2.70 bits per heavy atom. The van der Waals surface area contributed by atoms with Crippen molar-refractivity contribution in [2.24, 2.45) is 4.99 Å². The van der Waals surface area contributed by atoms with Crippen LogP contribution in [0.3, 0.4) is 0 Å². The van der Waals surface area contributed by atoms with Crippen LogP contribution in [0.5, 0.6) is 0 Å². The van der Waals surface area contributed by atoms with Crippen molar-refractivity contribution in [2.75, 3.05) is 0 Å². The predicted molar refractivity (Wildman–Crippen MR) is 37.5 cm³/mol. The van der Waals surface area contributed by atoms with E-state index in [1.54, 1.807) is 0 Å². The summed E-state index contributed by atoms with van der Waals surface area (Å²) in [7, 11) is 0. The maximum atomic E-state index is 4.63. The quantitative estimate of drug-likeness (QED) is 0.528. The summed E-state index contributed by atoms with van der Waals surface area (Å²) in [6.45, 7) is 0. The molecule has 0 saturated carbocycles. The minimum atomic E-state index is 0.782. The lowest BCUT2D eigenvalue weighted by atomic mass is 10.3. The van der Waals surface area contributed by atoms with Gasteiger partial charge in [-0.05, 0) is 12.1 Å². The zero-order valence-electron chi connectivity index (χ0n) is 5.19. The van der Waals surface area contributed by atoms with Gasteiger partial charge in [0, 0.05) is 0 Å². The molecule has 10 heavy (non-hydrogen) atoms. The highest BCUT2D eigenvalue weighted by Gasteiger charge is 2.04. The van der Waals surface area contributed by atoms with Crippen molar-refractivity contribution in [3.8, 4) is 0 Å². The Hall–Kier alpha value is -1.51. The standard InChI is InChI=1S/C7H5N2O/c1-2-4-7-6(3-1)8-5-10-9-7/h1-5H. The molecule has 1 aromatic carbocycles. The fourth-order valence-corrected chi connectivity index (χ4v) is 0.811. The molecule has 0 bridgehead atoms. The molecule has 0 spiro atoms. The topological polar surface area (TPSA) is 35.7 Å². The van der Waals surface area contributed by atoms with Crippen LogP contribution in [0.4, 0.5) is 11.4 Å². The number of fused-ring (bicyclic) bond motifs is 1. The third-order valence-corrected chi connectivity index (χ3v) is 1.27. The van der Waals surface area contributed by atoms with E-state index in [-0.39, 0.29) is 0 Å². The Morgan fingerprint density at radius 2 is 1.90 bits per heavy atom. The molecule has 1 aliphatic rings. The number of rotatable bonds is 0. The lowest BCUT2D eigenvalue weighted by Gasteiger charge is -2.06. The molecule has 1 aromatic rings. The van der Waals surface area contributed by atoms with E-state index >= 15 is 0 Å². The summed E-state index contributed by atoms with van der Waals surface area (Å²) >= 11 is 0. The van der Waals surface area contributed by atoms with Gasteiger partial charge in [0.2, 0.25) is 6.40 Å². The monoisotopic (exact) mass is 133 g/mol. The third kappa shape index (κ3) is 0.719. The van der Waals surface area contributed by atoms with E-state index in [1.807, 2.05) is 24.3 Å². The molecule has 0 unspecified atom stereocenters. The highest BCUT2D eigenvalue weighted by atomic mass is 16.6. The van der Waals surface area contributed by atoms with Crippen LogP contribution in [-0.2, 0) is 4.84 Å². The zero-order chi connectivity index (χ0) is 6.81. The second-order valence-corrected chi connectivity index (χ2v) is 1.92. The molecule has 1 heterocycles. The average molecular weight is 133 g/mol.